The molecule has 0 aliphatic heterocycles. The fourth-order valence-electron chi connectivity index (χ4n) is 2.25. The highest BCUT2D eigenvalue weighted by Gasteiger charge is 2.33. The first-order valence-electron chi connectivity index (χ1n) is 7.48. The molecule has 0 unspecified atom stereocenters. The minimum Gasteiger partial charge on any atom is -0.326 e. The minimum atomic E-state index is -4.55. The van der Waals surface area contributed by atoms with Crippen LogP contribution in [-0.2, 0) is 17.4 Å². The fraction of sp³-hybridized carbons (Fsp3) is 0.278. The minimum absolute atomic E-state index is 0.0899. The standard InChI is InChI=1S/C18H17ClF3NO/c1-12-5-7-13(8-6-12)3-2-4-17(24)23-14-9-10-16(19)15(11-14)18(20,21)22/h5-11H,2-4H2,1H3,(H,23,24). The van der Waals surface area contributed by atoms with Crippen LogP contribution in [0.3, 0.4) is 0 Å². The monoisotopic (exact) mass is 355 g/mol. The first-order valence-corrected chi connectivity index (χ1v) is 7.85. The molecule has 1 N–H and O–H groups in total. The maximum absolute atomic E-state index is 12.8. The molecule has 0 heterocycles. The number of rotatable bonds is 5. The average Bonchev–Trinajstić information content (AvgIpc) is 2.50. The van der Waals surface area contributed by atoms with E-state index in [2.05, 4.69) is 5.32 Å². The summed E-state index contributed by atoms with van der Waals surface area (Å²) in [6.45, 7) is 2.00. The number of alkyl halides is 3. The Bertz CT molecular complexity index is 711. The fourth-order valence-corrected chi connectivity index (χ4v) is 2.48. The zero-order valence-corrected chi connectivity index (χ0v) is 13.8. The van der Waals surface area contributed by atoms with Crippen LogP contribution in [0.4, 0.5) is 18.9 Å². The third-order valence-corrected chi connectivity index (χ3v) is 3.87. The molecule has 0 bridgehead atoms. The summed E-state index contributed by atoms with van der Waals surface area (Å²) in [4.78, 5) is 11.9. The predicted octanol–water partition coefficient (Wildman–Crippen LogP) is 5.63. The quantitative estimate of drug-likeness (QED) is 0.740. The van der Waals surface area contributed by atoms with Gasteiger partial charge in [-0.25, -0.2) is 0 Å². The third-order valence-electron chi connectivity index (χ3n) is 3.55. The number of carbonyl (C=O) groups is 1. The van der Waals surface area contributed by atoms with Gasteiger partial charge >= 0.3 is 6.18 Å². The van der Waals surface area contributed by atoms with Crippen molar-refractivity contribution in [3.63, 3.8) is 0 Å². The molecule has 0 saturated carbocycles. The van der Waals surface area contributed by atoms with Gasteiger partial charge in [0.1, 0.15) is 0 Å². The third kappa shape index (κ3) is 5.27. The van der Waals surface area contributed by atoms with Gasteiger partial charge < -0.3 is 5.32 Å². The molecular formula is C18H17ClF3NO. The van der Waals surface area contributed by atoms with E-state index in [1.165, 1.54) is 11.6 Å². The van der Waals surface area contributed by atoms with E-state index in [-0.39, 0.29) is 23.0 Å². The van der Waals surface area contributed by atoms with Gasteiger partial charge in [-0.05, 0) is 43.5 Å². The van der Waals surface area contributed by atoms with Crippen molar-refractivity contribution >= 4 is 23.2 Å². The lowest BCUT2D eigenvalue weighted by Crippen LogP contribution is -2.13. The number of benzene rings is 2. The van der Waals surface area contributed by atoms with E-state index in [9.17, 15) is 18.0 Å². The number of nitrogens with one attached hydrogen (secondary N) is 1. The maximum Gasteiger partial charge on any atom is 0.417 e. The Hall–Kier alpha value is -2.01. The lowest BCUT2D eigenvalue weighted by Gasteiger charge is -2.11. The first kappa shape index (κ1) is 18.3. The van der Waals surface area contributed by atoms with Crippen molar-refractivity contribution < 1.29 is 18.0 Å². The Morgan fingerprint density at radius 2 is 1.79 bits per heavy atom. The number of halogens is 4. The molecule has 6 heteroatoms. The van der Waals surface area contributed by atoms with Crippen LogP contribution in [0.2, 0.25) is 5.02 Å². The Labute approximate surface area is 143 Å². The van der Waals surface area contributed by atoms with Gasteiger partial charge in [-0.1, -0.05) is 41.4 Å². The van der Waals surface area contributed by atoms with Crippen LogP contribution in [0, 0.1) is 6.92 Å². The van der Waals surface area contributed by atoms with Crippen LogP contribution < -0.4 is 5.32 Å². The van der Waals surface area contributed by atoms with Crippen LogP contribution in [0.25, 0.3) is 0 Å². The Kier molecular flexibility index (Phi) is 5.89. The number of anilines is 1. The number of amides is 1. The van der Waals surface area contributed by atoms with E-state index in [0.717, 1.165) is 24.1 Å². The van der Waals surface area contributed by atoms with E-state index < -0.39 is 11.7 Å². The molecule has 0 aliphatic carbocycles. The van der Waals surface area contributed by atoms with E-state index in [1.54, 1.807) is 0 Å². The Morgan fingerprint density at radius 3 is 2.42 bits per heavy atom. The van der Waals surface area contributed by atoms with Crippen molar-refractivity contribution in [3.05, 3.63) is 64.2 Å². The summed E-state index contributed by atoms with van der Waals surface area (Å²) in [7, 11) is 0. The zero-order valence-electron chi connectivity index (χ0n) is 13.1. The van der Waals surface area contributed by atoms with Crippen LogP contribution >= 0.6 is 11.6 Å². The molecule has 0 atom stereocenters. The molecule has 0 spiro atoms. The molecule has 2 aromatic rings. The van der Waals surface area contributed by atoms with Crippen LogP contribution in [-0.4, -0.2) is 5.91 Å². The molecule has 0 aromatic heterocycles. The molecule has 2 rings (SSSR count). The van der Waals surface area contributed by atoms with Crippen molar-refractivity contribution in [2.24, 2.45) is 0 Å². The van der Waals surface area contributed by atoms with Crippen molar-refractivity contribution in [3.8, 4) is 0 Å². The number of hydrogen-bond donors (Lipinski definition) is 1. The molecule has 0 radical (unpaired) electrons. The predicted molar refractivity (Wildman–Crippen MR) is 89.2 cm³/mol. The molecule has 0 fully saturated rings. The van der Waals surface area contributed by atoms with Crippen molar-refractivity contribution in [2.75, 3.05) is 5.32 Å². The second-order valence-electron chi connectivity index (χ2n) is 5.58. The summed E-state index contributed by atoms with van der Waals surface area (Å²) >= 11 is 5.55. The Balaban J connectivity index is 1.89. The van der Waals surface area contributed by atoms with Crippen LogP contribution in [0.15, 0.2) is 42.5 Å². The molecule has 128 valence electrons. The zero-order chi connectivity index (χ0) is 17.7. The van der Waals surface area contributed by atoms with Gasteiger partial charge in [0, 0.05) is 12.1 Å². The lowest BCUT2D eigenvalue weighted by atomic mass is 10.1. The molecule has 2 nitrogen and oxygen atoms in total. The highest BCUT2D eigenvalue weighted by atomic mass is 35.5. The normalized spacial score (nSPS) is 11.4. The molecule has 1 amide bonds. The highest BCUT2D eigenvalue weighted by molar-refractivity contribution is 6.31. The van der Waals surface area contributed by atoms with E-state index >= 15 is 0 Å². The summed E-state index contributed by atoms with van der Waals surface area (Å²) < 4.78 is 38.4. The molecule has 0 saturated heterocycles. The van der Waals surface area contributed by atoms with Gasteiger partial charge in [-0.2, -0.15) is 13.2 Å². The molecule has 24 heavy (non-hydrogen) atoms. The topological polar surface area (TPSA) is 29.1 Å². The maximum atomic E-state index is 12.8. The second-order valence-corrected chi connectivity index (χ2v) is 5.99. The summed E-state index contributed by atoms with van der Waals surface area (Å²) in [6, 6.07) is 11.3. The summed E-state index contributed by atoms with van der Waals surface area (Å²) in [5.41, 5.74) is 1.42. The molecular weight excluding hydrogens is 339 g/mol. The van der Waals surface area contributed by atoms with Gasteiger partial charge in [-0.15, -0.1) is 0 Å². The van der Waals surface area contributed by atoms with Gasteiger partial charge in [0.05, 0.1) is 10.6 Å². The van der Waals surface area contributed by atoms with E-state index in [0.29, 0.717) is 6.42 Å². The van der Waals surface area contributed by atoms with Gasteiger partial charge in [0.25, 0.3) is 0 Å². The Morgan fingerprint density at radius 1 is 1.12 bits per heavy atom. The lowest BCUT2D eigenvalue weighted by molar-refractivity contribution is -0.137. The smallest absolute Gasteiger partial charge is 0.326 e. The first-order chi connectivity index (χ1) is 11.3. The molecule has 0 aliphatic rings. The summed E-state index contributed by atoms with van der Waals surface area (Å²) in [5, 5.41) is 2.09. The van der Waals surface area contributed by atoms with Crippen molar-refractivity contribution in [2.45, 2.75) is 32.4 Å². The van der Waals surface area contributed by atoms with Gasteiger partial charge in [0.15, 0.2) is 0 Å². The SMILES string of the molecule is Cc1ccc(CCCC(=O)Nc2ccc(Cl)c(C(F)(F)F)c2)cc1. The number of carbonyl (C=O) groups excluding carboxylic acids is 1. The van der Waals surface area contributed by atoms with Crippen LogP contribution in [0.1, 0.15) is 29.5 Å². The largest absolute Gasteiger partial charge is 0.417 e. The van der Waals surface area contributed by atoms with Crippen LogP contribution in [0.5, 0.6) is 0 Å². The number of hydrogen-bond acceptors (Lipinski definition) is 1. The number of aryl methyl sites for hydroxylation is 2. The summed E-state index contributed by atoms with van der Waals surface area (Å²) in [6.07, 6.45) is -2.96. The average molecular weight is 356 g/mol. The van der Waals surface area contributed by atoms with E-state index in [1.807, 2.05) is 31.2 Å². The van der Waals surface area contributed by atoms with Crippen molar-refractivity contribution in [1.82, 2.24) is 0 Å². The summed E-state index contributed by atoms with van der Waals surface area (Å²) in [5.74, 6) is -0.322. The van der Waals surface area contributed by atoms with Gasteiger partial charge in [0.2, 0.25) is 5.91 Å². The van der Waals surface area contributed by atoms with Gasteiger partial charge in [-0.3, -0.25) is 4.79 Å². The highest BCUT2D eigenvalue weighted by Crippen LogP contribution is 2.36. The second kappa shape index (κ2) is 7.71. The molecule has 2 aromatic carbocycles. The van der Waals surface area contributed by atoms with Crippen molar-refractivity contribution in [1.29, 1.82) is 0 Å². The van der Waals surface area contributed by atoms with E-state index in [4.69, 9.17) is 11.6 Å².